The van der Waals surface area contributed by atoms with Crippen LogP contribution in [-0.2, 0) is 16.6 Å². The lowest BCUT2D eigenvalue weighted by Gasteiger charge is -2.36. The van der Waals surface area contributed by atoms with Crippen LogP contribution in [0.25, 0.3) is 32.0 Å². The fourth-order valence-corrected chi connectivity index (χ4v) is 9.89. The summed E-state index contributed by atoms with van der Waals surface area (Å²) in [5, 5.41) is 11.2. The predicted molar refractivity (Wildman–Crippen MR) is 209 cm³/mol. The molecule has 14 heteroatoms. The molecule has 3 aromatic heterocycles. The van der Waals surface area contributed by atoms with E-state index in [9.17, 15) is 19.2 Å². The lowest BCUT2D eigenvalue weighted by atomic mass is 9.95. The summed E-state index contributed by atoms with van der Waals surface area (Å²) in [5.74, 6) is 0.920. The summed E-state index contributed by atoms with van der Waals surface area (Å²) in [6, 6.07) is 14.0. The average Bonchev–Trinajstić information content (AvgIpc) is 3.47. The molecule has 3 N–H and O–H groups in total. The molecule has 0 spiro atoms. The van der Waals surface area contributed by atoms with Crippen molar-refractivity contribution >= 4 is 78.3 Å². The van der Waals surface area contributed by atoms with Crippen molar-refractivity contribution in [3.8, 4) is 0 Å². The first-order chi connectivity index (χ1) is 25.7. The van der Waals surface area contributed by atoms with Gasteiger partial charge in [-0.15, -0.1) is 11.3 Å². The maximum atomic E-state index is 13.2. The number of carbonyl (C=O) groups excluding carboxylic acids is 3. The molecule has 53 heavy (non-hydrogen) atoms. The molecule has 0 radical (unpaired) electrons. The molecular weight excluding hydrogens is 691 g/mol. The summed E-state index contributed by atoms with van der Waals surface area (Å²) in [4.78, 5) is 63.7. The molecule has 0 saturated carbocycles. The van der Waals surface area contributed by atoms with E-state index in [4.69, 9.17) is 4.98 Å². The molecule has 13 nitrogen and oxygen atoms in total. The zero-order valence-electron chi connectivity index (χ0n) is 30.2. The van der Waals surface area contributed by atoms with E-state index < -0.39 is 11.9 Å². The highest BCUT2D eigenvalue weighted by Gasteiger charge is 2.32. The number of piperidine rings is 2. The monoisotopic (exact) mass is 735 g/mol. The van der Waals surface area contributed by atoms with Gasteiger partial charge >= 0.3 is 5.69 Å². The fraction of sp³-hybridized carbons (Fsp3) is 0.462. The number of fused-ring (bicyclic) bond motifs is 6. The van der Waals surface area contributed by atoms with Crippen molar-refractivity contribution in [2.45, 2.75) is 51.1 Å². The van der Waals surface area contributed by atoms with Crippen LogP contribution in [0.1, 0.15) is 54.7 Å². The van der Waals surface area contributed by atoms with Crippen LogP contribution in [0.15, 0.2) is 47.3 Å². The van der Waals surface area contributed by atoms with Crippen LogP contribution in [0.3, 0.4) is 0 Å². The van der Waals surface area contributed by atoms with Crippen LogP contribution in [0.2, 0.25) is 0 Å². The molecule has 9 rings (SSSR count). The molecule has 4 aliphatic heterocycles. The molecule has 0 aliphatic carbocycles. The molecule has 2 atom stereocenters. The number of aryl methyl sites for hydroxylation is 1. The zero-order valence-corrected chi connectivity index (χ0v) is 31.0. The summed E-state index contributed by atoms with van der Waals surface area (Å²) >= 11 is 1.54. The number of amides is 3. The van der Waals surface area contributed by atoms with Gasteiger partial charge in [-0.3, -0.25) is 28.8 Å². The van der Waals surface area contributed by atoms with Gasteiger partial charge in [-0.25, -0.2) is 9.78 Å². The van der Waals surface area contributed by atoms with Gasteiger partial charge in [0.2, 0.25) is 11.8 Å². The second-order valence-corrected chi connectivity index (χ2v) is 16.2. The number of carbonyl (C=O) groups is 3. The minimum atomic E-state index is -0.679. The van der Waals surface area contributed by atoms with Crippen LogP contribution in [-0.4, -0.2) is 95.1 Å². The lowest BCUT2D eigenvalue weighted by molar-refractivity contribution is -0.135. The molecule has 0 bridgehead atoms. The third-order valence-corrected chi connectivity index (χ3v) is 12.8. The van der Waals surface area contributed by atoms with E-state index in [-0.39, 0.29) is 30.0 Å². The Kier molecular flexibility index (Phi) is 8.61. The SMILES string of the molecule is C[C@@H]1CNc2c(sc3ccc4nc(N5CCCN(CC6CCN(c7ccc8c(c7)n(C)c(=O)n8C7CCC(=O)NC7=O)CC6)CC5)ccc4c23)C(=O)N1. The van der Waals surface area contributed by atoms with Gasteiger partial charge in [0.15, 0.2) is 0 Å². The highest BCUT2D eigenvalue weighted by Crippen LogP contribution is 2.41. The molecule has 1 unspecified atom stereocenters. The van der Waals surface area contributed by atoms with Gasteiger partial charge in [0, 0.05) is 86.5 Å². The first-order valence-corrected chi connectivity index (χ1v) is 19.7. The van der Waals surface area contributed by atoms with Crippen molar-refractivity contribution in [1.82, 2.24) is 29.7 Å². The molecule has 5 aromatic rings. The summed E-state index contributed by atoms with van der Waals surface area (Å²) in [5.41, 5.74) is 4.25. The number of pyridine rings is 1. The van der Waals surface area contributed by atoms with Gasteiger partial charge in [0.25, 0.3) is 5.91 Å². The van der Waals surface area contributed by atoms with E-state index in [2.05, 4.69) is 67.0 Å². The molecule has 276 valence electrons. The Bertz CT molecular complexity index is 2340. The lowest BCUT2D eigenvalue weighted by Crippen LogP contribution is -2.44. The Morgan fingerprint density at radius 2 is 1.74 bits per heavy atom. The predicted octanol–water partition coefficient (Wildman–Crippen LogP) is 4.05. The van der Waals surface area contributed by atoms with Crippen LogP contribution in [0.4, 0.5) is 17.2 Å². The highest BCUT2D eigenvalue weighted by molar-refractivity contribution is 7.21. The normalized spacial score (nSPS) is 22.1. The molecule has 4 aliphatic rings. The topological polar surface area (TPSA) is 137 Å². The number of imide groups is 1. The third-order valence-electron chi connectivity index (χ3n) is 11.7. The maximum Gasteiger partial charge on any atom is 0.329 e. The number of hydrogen-bond acceptors (Lipinski definition) is 10. The van der Waals surface area contributed by atoms with Crippen molar-refractivity contribution < 1.29 is 14.4 Å². The first-order valence-electron chi connectivity index (χ1n) is 18.9. The van der Waals surface area contributed by atoms with Crippen LogP contribution in [0, 0.1) is 5.92 Å². The Morgan fingerprint density at radius 3 is 2.57 bits per heavy atom. The van der Waals surface area contributed by atoms with Gasteiger partial charge in [0.1, 0.15) is 16.7 Å². The summed E-state index contributed by atoms with van der Waals surface area (Å²) in [7, 11) is 1.75. The second-order valence-electron chi connectivity index (χ2n) is 15.2. The molecule has 7 heterocycles. The van der Waals surface area contributed by atoms with Crippen molar-refractivity contribution in [2.75, 3.05) is 67.5 Å². The van der Waals surface area contributed by atoms with Gasteiger partial charge in [-0.05, 0) is 87.5 Å². The zero-order chi connectivity index (χ0) is 36.4. The second kappa shape index (κ2) is 13.5. The van der Waals surface area contributed by atoms with Crippen molar-refractivity contribution in [3.63, 3.8) is 0 Å². The number of thiophene rings is 1. The Morgan fingerprint density at radius 1 is 0.887 bits per heavy atom. The van der Waals surface area contributed by atoms with E-state index in [0.29, 0.717) is 18.9 Å². The Hall–Kier alpha value is -4.95. The Balaban J connectivity index is 0.832. The van der Waals surface area contributed by atoms with Crippen molar-refractivity contribution in [1.29, 1.82) is 0 Å². The molecule has 2 aromatic carbocycles. The number of hydrogen-bond donors (Lipinski definition) is 3. The summed E-state index contributed by atoms with van der Waals surface area (Å²) < 4.78 is 4.25. The largest absolute Gasteiger partial charge is 0.381 e. The van der Waals surface area contributed by atoms with Gasteiger partial charge in [0.05, 0.1) is 22.2 Å². The van der Waals surface area contributed by atoms with Gasteiger partial charge < -0.3 is 25.3 Å². The molecule has 3 fully saturated rings. The number of nitrogens with one attached hydrogen (secondary N) is 3. The van der Waals surface area contributed by atoms with Crippen LogP contribution in [0.5, 0.6) is 0 Å². The number of anilines is 3. The molecule has 3 saturated heterocycles. The number of aromatic nitrogens is 3. The van der Waals surface area contributed by atoms with E-state index in [0.717, 1.165) is 119 Å². The first kappa shape index (κ1) is 33.9. The van der Waals surface area contributed by atoms with Gasteiger partial charge in [-0.2, -0.15) is 0 Å². The van der Waals surface area contributed by atoms with Crippen LogP contribution < -0.4 is 31.4 Å². The number of nitrogens with zero attached hydrogens (tertiary/aromatic N) is 6. The van der Waals surface area contributed by atoms with E-state index in [1.807, 2.05) is 13.0 Å². The average molecular weight is 736 g/mol. The number of rotatable bonds is 5. The fourth-order valence-electron chi connectivity index (χ4n) is 8.79. The van der Waals surface area contributed by atoms with E-state index in [1.54, 1.807) is 27.5 Å². The Labute approximate surface area is 310 Å². The number of benzene rings is 2. The van der Waals surface area contributed by atoms with E-state index >= 15 is 0 Å². The summed E-state index contributed by atoms with van der Waals surface area (Å²) in [6.45, 7) is 9.71. The standard InChI is InChI=1S/C39H45N9O4S/c1-23-21-40-35-34-26-5-10-32(42-27(26)6-9-31(34)53-36(35)38(51)41-23)47-15-3-14-45(18-19-47)22-24-12-16-46(17-13-24)25-4-7-28-30(20-25)44(2)39(52)48(28)29-8-11-33(49)43-37(29)50/h4-7,9-10,20,23-24,29,40H,3,8,11-19,21-22H2,1-2H3,(H,41,51)(H,43,49,50)/t23-,29?/m1/s1. The van der Waals surface area contributed by atoms with Crippen LogP contribution >= 0.6 is 11.3 Å². The van der Waals surface area contributed by atoms with Crippen molar-refractivity contribution in [2.24, 2.45) is 13.0 Å². The van der Waals surface area contributed by atoms with Crippen molar-refractivity contribution in [3.05, 3.63) is 57.8 Å². The van der Waals surface area contributed by atoms with E-state index in [1.165, 1.54) is 0 Å². The smallest absolute Gasteiger partial charge is 0.329 e. The summed E-state index contributed by atoms with van der Waals surface area (Å²) in [6.07, 6.45) is 3.86. The maximum absolute atomic E-state index is 13.2. The molecule has 3 amide bonds. The third kappa shape index (κ3) is 6.11. The van der Waals surface area contributed by atoms with Gasteiger partial charge in [-0.1, -0.05) is 0 Å². The number of imidazole rings is 1. The highest BCUT2D eigenvalue weighted by atomic mass is 32.1. The quantitative estimate of drug-likeness (QED) is 0.229. The molecular formula is C39H45N9O4S. The minimum absolute atomic E-state index is 0.0106. The minimum Gasteiger partial charge on any atom is -0.381 e.